The molecule has 1 N–H and O–H groups in total. The van der Waals surface area contributed by atoms with Gasteiger partial charge in [-0.3, -0.25) is 0 Å². The van der Waals surface area contributed by atoms with Crippen LogP contribution in [0.4, 0.5) is 0 Å². The SMILES string of the molecule is CC#CCCC(O)Cc1ccccc1. The van der Waals surface area contributed by atoms with Gasteiger partial charge in [0.05, 0.1) is 6.10 Å². The summed E-state index contributed by atoms with van der Waals surface area (Å²) >= 11 is 0. The first kappa shape index (κ1) is 10.8. The first-order valence-electron chi connectivity index (χ1n) is 4.94. The highest BCUT2D eigenvalue weighted by molar-refractivity contribution is 5.15. The lowest BCUT2D eigenvalue weighted by Crippen LogP contribution is -2.09. The number of benzene rings is 1. The summed E-state index contributed by atoms with van der Waals surface area (Å²) < 4.78 is 0. The number of hydrogen-bond donors (Lipinski definition) is 1. The minimum Gasteiger partial charge on any atom is -0.393 e. The van der Waals surface area contributed by atoms with Gasteiger partial charge in [-0.15, -0.1) is 11.8 Å². The minimum absolute atomic E-state index is 0.266. The molecule has 0 radical (unpaired) electrons. The fourth-order valence-corrected chi connectivity index (χ4v) is 1.35. The van der Waals surface area contributed by atoms with Crippen LogP contribution in [0.25, 0.3) is 0 Å². The second kappa shape index (κ2) is 6.23. The van der Waals surface area contributed by atoms with Crippen LogP contribution in [0.1, 0.15) is 25.3 Å². The van der Waals surface area contributed by atoms with Crippen LogP contribution >= 0.6 is 0 Å². The Balaban J connectivity index is 2.33. The number of rotatable bonds is 4. The van der Waals surface area contributed by atoms with Crippen molar-refractivity contribution >= 4 is 0 Å². The zero-order chi connectivity index (χ0) is 10.2. The van der Waals surface area contributed by atoms with Crippen molar-refractivity contribution in [1.82, 2.24) is 0 Å². The molecule has 0 saturated heterocycles. The van der Waals surface area contributed by atoms with Crippen molar-refractivity contribution in [3.05, 3.63) is 35.9 Å². The van der Waals surface area contributed by atoms with Crippen LogP contribution in [0.5, 0.6) is 0 Å². The molecule has 1 atom stereocenters. The van der Waals surface area contributed by atoms with E-state index in [1.54, 1.807) is 0 Å². The van der Waals surface area contributed by atoms with E-state index in [9.17, 15) is 5.11 Å². The van der Waals surface area contributed by atoms with Crippen molar-refractivity contribution in [2.24, 2.45) is 0 Å². The van der Waals surface area contributed by atoms with Crippen molar-refractivity contribution in [3.63, 3.8) is 0 Å². The van der Waals surface area contributed by atoms with Gasteiger partial charge in [-0.1, -0.05) is 30.3 Å². The fourth-order valence-electron chi connectivity index (χ4n) is 1.35. The maximum atomic E-state index is 9.66. The van der Waals surface area contributed by atoms with Crippen molar-refractivity contribution in [1.29, 1.82) is 0 Å². The number of aliphatic hydroxyl groups excluding tert-OH is 1. The standard InChI is InChI=1S/C13H16O/c1-2-3-5-10-13(14)11-12-8-6-4-7-9-12/h4,6-9,13-14H,5,10-11H2,1H3. The molecule has 0 fully saturated rings. The van der Waals surface area contributed by atoms with E-state index in [1.165, 1.54) is 5.56 Å². The topological polar surface area (TPSA) is 20.2 Å². The van der Waals surface area contributed by atoms with Gasteiger partial charge in [0, 0.05) is 6.42 Å². The molecule has 0 heterocycles. The minimum atomic E-state index is -0.266. The Hall–Kier alpha value is -1.26. The third-order valence-corrected chi connectivity index (χ3v) is 2.09. The second-order valence-electron chi connectivity index (χ2n) is 3.31. The summed E-state index contributed by atoms with van der Waals surface area (Å²) in [5.74, 6) is 5.78. The predicted octanol–water partition coefficient (Wildman–Crippen LogP) is 2.39. The van der Waals surface area contributed by atoms with E-state index < -0.39 is 0 Å². The lowest BCUT2D eigenvalue weighted by atomic mass is 10.0. The molecule has 1 aromatic rings. The molecule has 1 rings (SSSR count). The molecule has 74 valence electrons. The average Bonchev–Trinajstić information content (AvgIpc) is 2.20. The first-order chi connectivity index (χ1) is 6.83. The maximum absolute atomic E-state index is 9.66. The van der Waals surface area contributed by atoms with Gasteiger partial charge in [-0.2, -0.15) is 0 Å². The Morgan fingerprint density at radius 2 is 2.00 bits per heavy atom. The molecule has 1 nitrogen and oxygen atoms in total. The summed E-state index contributed by atoms with van der Waals surface area (Å²) in [4.78, 5) is 0. The highest BCUT2D eigenvalue weighted by atomic mass is 16.3. The van der Waals surface area contributed by atoms with Crippen molar-refractivity contribution < 1.29 is 5.11 Å². The van der Waals surface area contributed by atoms with Crippen LogP contribution in [-0.2, 0) is 6.42 Å². The summed E-state index contributed by atoms with van der Waals surface area (Å²) in [7, 11) is 0. The molecule has 0 aromatic heterocycles. The third kappa shape index (κ3) is 4.11. The molecule has 0 spiro atoms. The average molecular weight is 188 g/mol. The monoisotopic (exact) mass is 188 g/mol. The van der Waals surface area contributed by atoms with Gasteiger partial charge in [0.15, 0.2) is 0 Å². The predicted molar refractivity (Wildman–Crippen MR) is 58.8 cm³/mol. The fraction of sp³-hybridized carbons (Fsp3) is 0.385. The Morgan fingerprint density at radius 1 is 1.29 bits per heavy atom. The third-order valence-electron chi connectivity index (χ3n) is 2.09. The summed E-state index contributed by atoms with van der Waals surface area (Å²) in [6.07, 6.45) is 2.00. The summed E-state index contributed by atoms with van der Waals surface area (Å²) in [6, 6.07) is 10.0. The molecule has 1 unspecified atom stereocenters. The zero-order valence-corrected chi connectivity index (χ0v) is 8.53. The Morgan fingerprint density at radius 3 is 2.64 bits per heavy atom. The molecule has 0 saturated carbocycles. The van der Waals surface area contributed by atoms with Gasteiger partial charge in [0.25, 0.3) is 0 Å². The van der Waals surface area contributed by atoms with Gasteiger partial charge in [0.2, 0.25) is 0 Å². The van der Waals surface area contributed by atoms with Crippen LogP contribution in [0.2, 0.25) is 0 Å². The molecule has 0 bridgehead atoms. The molecule has 0 aliphatic heterocycles. The molecule has 0 aliphatic rings. The van der Waals surface area contributed by atoms with Crippen molar-refractivity contribution in [3.8, 4) is 11.8 Å². The summed E-state index contributed by atoms with van der Waals surface area (Å²) in [5, 5.41) is 9.66. The van der Waals surface area contributed by atoms with Gasteiger partial charge < -0.3 is 5.11 Å². The maximum Gasteiger partial charge on any atom is 0.0589 e. The quantitative estimate of drug-likeness (QED) is 0.719. The summed E-state index contributed by atoms with van der Waals surface area (Å²) in [5.41, 5.74) is 1.18. The van der Waals surface area contributed by atoms with Gasteiger partial charge in [-0.25, -0.2) is 0 Å². The largest absolute Gasteiger partial charge is 0.393 e. The number of aliphatic hydroxyl groups is 1. The molecular formula is C13H16O. The van der Waals surface area contributed by atoms with Crippen molar-refractivity contribution in [2.75, 3.05) is 0 Å². The lowest BCUT2D eigenvalue weighted by molar-refractivity contribution is 0.166. The number of hydrogen-bond acceptors (Lipinski definition) is 1. The van der Waals surface area contributed by atoms with E-state index in [0.717, 1.165) is 19.3 Å². The van der Waals surface area contributed by atoms with Crippen LogP contribution in [0.15, 0.2) is 30.3 Å². The highest BCUT2D eigenvalue weighted by Gasteiger charge is 2.03. The molecule has 1 heteroatoms. The van der Waals surface area contributed by atoms with E-state index >= 15 is 0 Å². The Kier molecular flexibility index (Phi) is 4.82. The molecule has 0 aliphatic carbocycles. The van der Waals surface area contributed by atoms with Crippen LogP contribution in [-0.4, -0.2) is 11.2 Å². The van der Waals surface area contributed by atoms with Gasteiger partial charge >= 0.3 is 0 Å². The van der Waals surface area contributed by atoms with E-state index in [-0.39, 0.29) is 6.10 Å². The summed E-state index contributed by atoms with van der Waals surface area (Å²) in [6.45, 7) is 1.82. The molecule has 0 amide bonds. The van der Waals surface area contributed by atoms with E-state index in [2.05, 4.69) is 11.8 Å². The lowest BCUT2D eigenvalue weighted by Gasteiger charge is -2.07. The first-order valence-corrected chi connectivity index (χ1v) is 4.94. The molecular weight excluding hydrogens is 172 g/mol. The van der Waals surface area contributed by atoms with E-state index in [4.69, 9.17) is 0 Å². The smallest absolute Gasteiger partial charge is 0.0589 e. The zero-order valence-electron chi connectivity index (χ0n) is 8.53. The van der Waals surface area contributed by atoms with E-state index in [0.29, 0.717) is 0 Å². The highest BCUT2D eigenvalue weighted by Crippen LogP contribution is 2.06. The van der Waals surface area contributed by atoms with Crippen LogP contribution < -0.4 is 0 Å². The van der Waals surface area contributed by atoms with Crippen LogP contribution in [0, 0.1) is 11.8 Å². The molecule has 1 aromatic carbocycles. The van der Waals surface area contributed by atoms with Crippen molar-refractivity contribution in [2.45, 2.75) is 32.3 Å². The second-order valence-corrected chi connectivity index (χ2v) is 3.31. The Bertz CT molecular complexity index is 305. The Labute approximate surface area is 85.8 Å². The van der Waals surface area contributed by atoms with Gasteiger partial charge in [-0.05, 0) is 25.3 Å². The normalized spacial score (nSPS) is 11.6. The molecule has 14 heavy (non-hydrogen) atoms. The van der Waals surface area contributed by atoms with Gasteiger partial charge in [0.1, 0.15) is 0 Å². The van der Waals surface area contributed by atoms with Crippen LogP contribution in [0.3, 0.4) is 0 Å². The van der Waals surface area contributed by atoms with E-state index in [1.807, 2.05) is 37.3 Å².